The number of imidazole rings is 1. The standard InChI is InChI=1S/C16H15N3O/c1-11-6-7-13(9-12(11)2)17-16(20)14-10-19-8-4-3-5-15(19)18-14/h3-10H,1-2H3,(H,17,20). The van der Waals surface area contributed by atoms with Crippen molar-refractivity contribution in [2.75, 3.05) is 5.32 Å². The molecule has 0 fully saturated rings. The first-order valence-corrected chi connectivity index (χ1v) is 6.46. The molecule has 3 rings (SSSR count). The minimum atomic E-state index is -0.197. The fourth-order valence-corrected chi connectivity index (χ4v) is 2.06. The van der Waals surface area contributed by atoms with E-state index in [-0.39, 0.29) is 5.91 Å². The molecule has 0 radical (unpaired) electrons. The lowest BCUT2D eigenvalue weighted by Crippen LogP contribution is -2.12. The average Bonchev–Trinajstić information content (AvgIpc) is 2.87. The first-order chi connectivity index (χ1) is 9.63. The summed E-state index contributed by atoms with van der Waals surface area (Å²) < 4.78 is 1.83. The lowest BCUT2D eigenvalue weighted by Gasteiger charge is -2.06. The summed E-state index contributed by atoms with van der Waals surface area (Å²) in [6.45, 7) is 4.07. The third-order valence-electron chi connectivity index (χ3n) is 3.36. The van der Waals surface area contributed by atoms with Crippen molar-refractivity contribution in [2.45, 2.75) is 13.8 Å². The smallest absolute Gasteiger partial charge is 0.275 e. The van der Waals surface area contributed by atoms with E-state index in [9.17, 15) is 4.79 Å². The molecule has 3 aromatic rings. The Bertz CT molecular complexity index is 756. The van der Waals surface area contributed by atoms with Gasteiger partial charge in [0, 0.05) is 18.1 Å². The topological polar surface area (TPSA) is 46.4 Å². The zero-order valence-corrected chi connectivity index (χ0v) is 11.4. The summed E-state index contributed by atoms with van der Waals surface area (Å²) in [7, 11) is 0. The number of hydrogen-bond donors (Lipinski definition) is 1. The SMILES string of the molecule is Cc1ccc(NC(=O)c2cn3ccccc3n2)cc1C. The Morgan fingerprint density at radius 3 is 2.75 bits per heavy atom. The number of carbonyl (C=O) groups is 1. The summed E-state index contributed by atoms with van der Waals surface area (Å²) in [5.74, 6) is -0.197. The molecule has 0 aliphatic rings. The number of carbonyl (C=O) groups excluding carboxylic acids is 1. The predicted octanol–water partition coefficient (Wildman–Crippen LogP) is 3.20. The summed E-state index contributed by atoms with van der Waals surface area (Å²) in [6, 6.07) is 11.5. The molecule has 2 heterocycles. The summed E-state index contributed by atoms with van der Waals surface area (Å²) in [5, 5.41) is 2.87. The molecule has 1 N–H and O–H groups in total. The Kier molecular flexibility index (Phi) is 2.99. The highest BCUT2D eigenvalue weighted by Gasteiger charge is 2.10. The molecule has 4 heteroatoms. The van der Waals surface area contributed by atoms with Crippen LogP contribution < -0.4 is 5.32 Å². The molecule has 0 bridgehead atoms. The van der Waals surface area contributed by atoms with Gasteiger partial charge in [-0.2, -0.15) is 0 Å². The van der Waals surface area contributed by atoms with Crippen LogP contribution in [0.15, 0.2) is 48.8 Å². The molecule has 0 aliphatic carbocycles. The summed E-state index contributed by atoms with van der Waals surface area (Å²) in [6.07, 6.45) is 3.60. The van der Waals surface area contributed by atoms with Crippen LogP contribution in [0.3, 0.4) is 0 Å². The minimum absolute atomic E-state index is 0.197. The molecule has 0 atom stereocenters. The van der Waals surface area contributed by atoms with Gasteiger partial charge in [-0.05, 0) is 49.2 Å². The van der Waals surface area contributed by atoms with Gasteiger partial charge in [-0.3, -0.25) is 4.79 Å². The zero-order valence-electron chi connectivity index (χ0n) is 11.4. The van der Waals surface area contributed by atoms with E-state index in [0.717, 1.165) is 16.9 Å². The van der Waals surface area contributed by atoms with Gasteiger partial charge in [0.15, 0.2) is 0 Å². The molecule has 1 aromatic carbocycles. The quantitative estimate of drug-likeness (QED) is 0.773. The molecule has 0 spiro atoms. The molecule has 1 amide bonds. The number of nitrogens with one attached hydrogen (secondary N) is 1. The highest BCUT2D eigenvalue weighted by Crippen LogP contribution is 2.15. The third-order valence-corrected chi connectivity index (χ3v) is 3.36. The van der Waals surface area contributed by atoms with Gasteiger partial charge in [0.1, 0.15) is 11.3 Å². The second kappa shape index (κ2) is 4.81. The number of anilines is 1. The third kappa shape index (κ3) is 2.28. The number of aromatic nitrogens is 2. The van der Waals surface area contributed by atoms with E-state index in [1.165, 1.54) is 5.56 Å². The van der Waals surface area contributed by atoms with Crippen molar-refractivity contribution in [1.82, 2.24) is 9.38 Å². The van der Waals surface area contributed by atoms with Crippen LogP contribution >= 0.6 is 0 Å². The fourth-order valence-electron chi connectivity index (χ4n) is 2.06. The Balaban J connectivity index is 1.86. The minimum Gasteiger partial charge on any atom is -0.321 e. The number of hydrogen-bond acceptors (Lipinski definition) is 2. The van der Waals surface area contributed by atoms with E-state index in [4.69, 9.17) is 0 Å². The molecule has 0 saturated heterocycles. The van der Waals surface area contributed by atoms with E-state index in [0.29, 0.717) is 5.69 Å². The normalized spacial score (nSPS) is 10.7. The van der Waals surface area contributed by atoms with Gasteiger partial charge in [0.2, 0.25) is 0 Å². The molecular weight excluding hydrogens is 250 g/mol. The van der Waals surface area contributed by atoms with E-state index in [1.807, 2.05) is 60.8 Å². The average molecular weight is 265 g/mol. The van der Waals surface area contributed by atoms with Crippen molar-refractivity contribution in [2.24, 2.45) is 0 Å². The van der Waals surface area contributed by atoms with Crippen LogP contribution in [0, 0.1) is 13.8 Å². The van der Waals surface area contributed by atoms with E-state index in [1.54, 1.807) is 6.20 Å². The van der Waals surface area contributed by atoms with E-state index in [2.05, 4.69) is 10.3 Å². The van der Waals surface area contributed by atoms with Crippen LogP contribution in [0.2, 0.25) is 0 Å². The largest absolute Gasteiger partial charge is 0.321 e. The van der Waals surface area contributed by atoms with Crippen molar-refractivity contribution >= 4 is 17.2 Å². The maximum absolute atomic E-state index is 12.2. The summed E-state index contributed by atoms with van der Waals surface area (Å²) in [4.78, 5) is 16.5. The van der Waals surface area contributed by atoms with Crippen LogP contribution in [-0.4, -0.2) is 15.3 Å². The molecular formula is C16H15N3O. The van der Waals surface area contributed by atoms with Crippen molar-refractivity contribution < 1.29 is 4.79 Å². The highest BCUT2D eigenvalue weighted by atomic mass is 16.1. The number of benzene rings is 1. The Morgan fingerprint density at radius 1 is 1.15 bits per heavy atom. The number of pyridine rings is 1. The molecule has 2 aromatic heterocycles. The lowest BCUT2D eigenvalue weighted by atomic mass is 10.1. The Morgan fingerprint density at radius 2 is 2.00 bits per heavy atom. The van der Waals surface area contributed by atoms with Crippen molar-refractivity contribution in [3.63, 3.8) is 0 Å². The van der Waals surface area contributed by atoms with Crippen LogP contribution in [0.5, 0.6) is 0 Å². The second-order valence-electron chi connectivity index (χ2n) is 4.85. The Labute approximate surface area is 117 Å². The predicted molar refractivity (Wildman–Crippen MR) is 79.1 cm³/mol. The molecule has 0 unspecified atom stereocenters. The summed E-state index contributed by atoms with van der Waals surface area (Å²) >= 11 is 0. The van der Waals surface area contributed by atoms with Gasteiger partial charge in [-0.15, -0.1) is 0 Å². The van der Waals surface area contributed by atoms with Gasteiger partial charge < -0.3 is 9.72 Å². The van der Waals surface area contributed by atoms with Crippen LogP contribution in [0.1, 0.15) is 21.6 Å². The van der Waals surface area contributed by atoms with E-state index >= 15 is 0 Å². The molecule has 100 valence electrons. The number of fused-ring (bicyclic) bond motifs is 1. The molecule has 0 aliphatic heterocycles. The first kappa shape index (κ1) is 12.4. The maximum Gasteiger partial charge on any atom is 0.275 e. The molecule has 0 saturated carbocycles. The number of nitrogens with zero attached hydrogens (tertiary/aromatic N) is 2. The van der Waals surface area contributed by atoms with Gasteiger partial charge in [-0.1, -0.05) is 12.1 Å². The molecule has 4 nitrogen and oxygen atoms in total. The maximum atomic E-state index is 12.2. The van der Waals surface area contributed by atoms with Crippen molar-refractivity contribution in [1.29, 1.82) is 0 Å². The van der Waals surface area contributed by atoms with E-state index < -0.39 is 0 Å². The second-order valence-corrected chi connectivity index (χ2v) is 4.85. The van der Waals surface area contributed by atoms with Gasteiger partial charge >= 0.3 is 0 Å². The van der Waals surface area contributed by atoms with Gasteiger partial charge in [0.25, 0.3) is 5.91 Å². The lowest BCUT2D eigenvalue weighted by molar-refractivity contribution is 0.102. The number of rotatable bonds is 2. The monoisotopic (exact) mass is 265 g/mol. The first-order valence-electron chi connectivity index (χ1n) is 6.46. The van der Waals surface area contributed by atoms with Crippen molar-refractivity contribution in [3.8, 4) is 0 Å². The van der Waals surface area contributed by atoms with Crippen molar-refractivity contribution in [3.05, 3.63) is 65.6 Å². The zero-order chi connectivity index (χ0) is 14.1. The molecule has 20 heavy (non-hydrogen) atoms. The fraction of sp³-hybridized carbons (Fsp3) is 0.125. The Hall–Kier alpha value is -2.62. The van der Waals surface area contributed by atoms with Crippen LogP contribution in [0.4, 0.5) is 5.69 Å². The van der Waals surface area contributed by atoms with Crippen LogP contribution in [-0.2, 0) is 0 Å². The number of amides is 1. The highest BCUT2D eigenvalue weighted by molar-refractivity contribution is 6.03. The van der Waals surface area contributed by atoms with Gasteiger partial charge in [-0.25, -0.2) is 4.98 Å². The van der Waals surface area contributed by atoms with Gasteiger partial charge in [0.05, 0.1) is 0 Å². The summed E-state index contributed by atoms with van der Waals surface area (Å²) in [5.41, 5.74) is 4.32. The van der Waals surface area contributed by atoms with Crippen LogP contribution in [0.25, 0.3) is 5.65 Å². The number of aryl methyl sites for hydroxylation is 2.